The molecule has 6 heteroatoms. The average molecular weight is 351 g/mol. The van der Waals surface area contributed by atoms with Crippen molar-refractivity contribution in [2.45, 2.75) is 6.92 Å². The molecule has 0 atom stereocenters. The molecule has 0 bridgehead atoms. The number of nitrogens with zero attached hydrogens (tertiary/aromatic N) is 1. The second-order valence-corrected chi connectivity index (χ2v) is 5.18. The number of anilines is 1. The van der Waals surface area contributed by atoms with Gasteiger partial charge in [0.05, 0.1) is 16.1 Å². The smallest absolute Gasteiger partial charge is 0.255 e. The number of nitrogens with one attached hydrogen (secondary N) is 1. The number of carbonyl (C=O) groups excluding carboxylic acids is 1. The number of nitriles is 1. The molecule has 2 aromatic carbocycles. The van der Waals surface area contributed by atoms with Crippen LogP contribution in [0.25, 0.3) is 0 Å². The van der Waals surface area contributed by atoms with Gasteiger partial charge in [0.25, 0.3) is 5.91 Å². The van der Waals surface area contributed by atoms with Crippen LogP contribution in [0, 0.1) is 29.9 Å². The van der Waals surface area contributed by atoms with Crippen LogP contribution in [0.15, 0.2) is 34.8 Å². The highest BCUT2D eigenvalue weighted by Crippen LogP contribution is 2.22. The summed E-state index contributed by atoms with van der Waals surface area (Å²) in [6.07, 6.45) is 0. The molecule has 0 fully saturated rings. The highest BCUT2D eigenvalue weighted by Gasteiger charge is 2.13. The van der Waals surface area contributed by atoms with Crippen LogP contribution in [0.4, 0.5) is 14.5 Å². The zero-order chi connectivity index (χ0) is 15.6. The number of rotatable bonds is 2. The molecule has 0 aromatic heterocycles. The van der Waals surface area contributed by atoms with Crippen molar-refractivity contribution in [3.63, 3.8) is 0 Å². The Labute approximate surface area is 128 Å². The van der Waals surface area contributed by atoms with Gasteiger partial charge >= 0.3 is 0 Å². The molecule has 2 aromatic rings. The predicted molar refractivity (Wildman–Crippen MR) is 77.9 cm³/mol. The van der Waals surface area contributed by atoms with E-state index in [-0.39, 0.29) is 26.9 Å². The van der Waals surface area contributed by atoms with E-state index in [1.807, 2.05) is 6.07 Å². The fourth-order valence-corrected chi connectivity index (χ4v) is 2.08. The first-order valence-electron chi connectivity index (χ1n) is 5.89. The van der Waals surface area contributed by atoms with Gasteiger partial charge in [-0.25, -0.2) is 8.78 Å². The van der Waals surface area contributed by atoms with Crippen molar-refractivity contribution < 1.29 is 13.6 Å². The molecule has 0 unspecified atom stereocenters. The maximum atomic E-state index is 13.6. The Hall–Kier alpha value is -2.26. The molecule has 0 aliphatic carbocycles. The van der Waals surface area contributed by atoms with Crippen molar-refractivity contribution in [2.24, 2.45) is 0 Å². The first kappa shape index (κ1) is 15.1. The van der Waals surface area contributed by atoms with Gasteiger partial charge in [0.2, 0.25) is 0 Å². The summed E-state index contributed by atoms with van der Waals surface area (Å²) >= 11 is 2.99. The number of amides is 1. The summed E-state index contributed by atoms with van der Waals surface area (Å²) in [4.78, 5) is 12.1. The number of halogens is 3. The minimum Gasteiger partial charge on any atom is -0.322 e. The molecule has 0 aliphatic rings. The molecular formula is C15H9BrF2N2O. The zero-order valence-electron chi connectivity index (χ0n) is 10.9. The molecule has 0 heterocycles. The number of carbonyl (C=O) groups is 1. The lowest BCUT2D eigenvalue weighted by molar-refractivity contribution is 0.102. The third kappa shape index (κ3) is 3.26. The van der Waals surface area contributed by atoms with Crippen molar-refractivity contribution in [1.82, 2.24) is 0 Å². The molecule has 0 aliphatic heterocycles. The van der Waals surface area contributed by atoms with Crippen LogP contribution < -0.4 is 5.32 Å². The quantitative estimate of drug-likeness (QED) is 0.883. The van der Waals surface area contributed by atoms with E-state index in [0.717, 1.165) is 12.1 Å². The molecule has 106 valence electrons. The molecule has 1 N–H and O–H groups in total. The molecule has 0 saturated heterocycles. The minimum atomic E-state index is -0.579. The lowest BCUT2D eigenvalue weighted by atomic mass is 10.1. The largest absolute Gasteiger partial charge is 0.322 e. The van der Waals surface area contributed by atoms with Gasteiger partial charge in [0.15, 0.2) is 0 Å². The van der Waals surface area contributed by atoms with Crippen molar-refractivity contribution in [3.05, 3.63) is 63.1 Å². The zero-order valence-corrected chi connectivity index (χ0v) is 12.5. The lowest BCUT2D eigenvalue weighted by Crippen LogP contribution is -2.13. The Kier molecular flexibility index (Phi) is 4.34. The van der Waals surface area contributed by atoms with Crippen LogP contribution >= 0.6 is 15.9 Å². The SMILES string of the molecule is Cc1c(F)cc(C#N)cc1NC(=O)c1ccc(F)c(Br)c1. The van der Waals surface area contributed by atoms with Gasteiger partial charge in [-0.05, 0) is 53.2 Å². The standard InChI is InChI=1S/C15H9BrF2N2O/c1-8-13(18)4-9(7-19)5-14(8)20-15(21)10-2-3-12(17)11(16)6-10/h2-6H,1H3,(H,20,21). The molecule has 1 amide bonds. The summed E-state index contributed by atoms with van der Waals surface area (Å²) in [5.41, 5.74) is 0.750. The molecule has 3 nitrogen and oxygen atoms in total. The second-order valence-electron chi connectivity index (χ2n) is 4.33. The van der Waals surface area contributed by atoms with Gasteiger partial charge in [0.1, 0.15) is 11.6 Å². The number of hydrogen-bond donors (Lipinski definition) is 1. The summed E-state index contributed by atoms with van der Waals surface area (Å²) in [6, 6.07) is 8.09. The Bertz CT molecular complexity index is 769. The van der Waals surface area contributed by atoms with E-state index in [0.29, 0.717) is 0 Å². The molecule has 0 radical (unpaired) electrons. The maximum Gasteiger partial charge on any atom is 0.255 e. The van der Waals surface area contributed by atoms with Crippen molar-refractivity contribution in [3.8, 4) is 6.07 Å². The van der Waals surface area contributed by atoms with E-state index in [2.05, 4.69) is 21.2 Å². The topological polar surface area (TPSA) is 52.9 Å². The van der Waals surface area contributed by atoms with Crippen molar-refractivity contribution in [1.29, 1.82) is 5.26 Å². The molecule has 0 saturated carbocycles. The summed E-state index contributed by atoms with van der Waals surface area (Å²) in [5.74, 6) is -1.59. The van der Waals surface area contributed by atoms with E-state index < -0.39 is 17.5 Å². The van der Waals surface area contributed by atoms with Crippen LogP contribution in [0.3, 0.4) is 0 Å². The molecule has 2 rings (SSSR count). The Balaban J connectivity index is 2.33. The molecular weight excluding hydrogens is 342 g/mol. The third-order valence-corrected chi connectivity index (χ3v) is 3.51. The third-order valence-electron chi connectivity index (χ3n) is 2.90. The fourth-order valence-electron chi connectivity index (χ4n) is 1.71. The summed E-state index contributed by atoms with van der Waals surface area (Å²) in [5, 5.41) is 11.3. The van der Waals surface area contributed by atoms with E-state index in [1.165, 1.54) is 25.1 Å². The highest BCUT2D eigenvalue weighted by atomic mass is 79.9. The van der Waals surface area contributed by atoms with Crippen LogP contribution in [-0.4, -0.2) is 5.91 Å². The second kappa shape index (κ2) is 6.02. The van der Waals surface area contributed by atoms with Crippen LogP contribution in [0.2, 0.25) is 0 Å². The van der Waals surface area contributed by atoms with E-state index in [1.54, 1.807) is 0 Å². The van der Waals surface area contributed by atoms with Gasteiger partial charge in [-0.15, -0.1) is 0 Å². The molecule has 21 heavy (non-hydrogen) atoms. The Morgan fingerprint density at radius 3 is 2.57 bits per heavy atom. The Morgan fingerprint density at radius 1 is 1.24 bits per heavy atom. The summed E-state index contributed by atoms with van der Waals surface area (Å²) in [6.45, 7) is 1.49. The first-order chi connectivity index (χ1) is 9.92. The summed E-state index contributed by atoms with van der Waals surface area (Å²) < 4.78 is 26.9. The Morgan fingerprint density at radius 2 is 1.95 bits per heavy atom. The normalized spacial score (nSPS) is 10.0. The maximum absolute atomic E-state index is 13.6. The van der Waals surface area contributed by atoms with Crippen molar-refractivity contribution in [2.75, 3.05) is 5.32 Å². The monoisotopic (exact) mass is 350 g/mol. The highest BCUT2D eigenvalue weighted by molar-refractivity contribution is 9.10. The minimum absolute atomic E-state index is 0.105. The van der Waals surface area contributed by atoms with E-state index in [4.69, 9.17) is 5.26 Å². The van der Waals surface area contributed by atoms with Gasteiger partial charge in [-0.2, -0.15) is 5.26 Å². The number of hydrogen-bond acceptors (Lipinski definition) is 2. The predicted octanol–water partition coefficient (Wildman–Crippen LogP) is 4.16. The van der Waals surface area contributed by atoms with Crippen LogP contribution in [0.5, 0.6) is 0 Å². The van der Waals surface area contributed by atoms with E-state index in [9.17, 15) is 13.6 Å². The van der Waals surface area contributed by atoms with Crippen LogP contribution in [0.1, 0.15) is 21.5 Å². The van der Waals surface area contributed by atoms with Crippen LogP contribution in [-0.2, 0) is 0 Å². The average Bonchev–Trinajstić information content (AvgIpc) is 2.46. The van der Waals surface area contributed by atoms with Crippen molar-refractivity contribution >= 4 is 27.5 Å². The summed E-state index contributed by atoms with van der Waals surface area (Å²) in [7, 11) is 0. The lowest BCUT2D eigenvalue weighted by Gasteiger charge is -2.10. The van der Waals surface area contributed by atoms with Gasteiger partial charge in [-0.1, -0.05) is 0 Å². The van der Waals surface area contributed by atoms with Gasteiger partial charge in [0, 0.05) is 16.8 Å². The van der Waals surface area contributed by atoms with Gasteiger partial charge < -0.3 is 5.32 Å². The molecule has 0 spiro atoms. The van der Waals surface area contributed by atoms with Gasteiger partial charge in [-0.3, -0.25) is 4.79 Å². The van der Waals surface area contributed by atoms with E-state index >= 15 is 0 Å². The fraction of sp³-hybridized carbons (Fsp3) is 0.0667. The number of benzene rings is 2. The first-order valence-corrected chi connectivity index (χ1v) is 6.68.